The minimum absolute atomic E-state index is 0.0284. The van der Waals surface area contributed by atoms with Crippen LogP contribution in [0.1, 0.15) is 30.0 Å². The van der Waals surface area contributed by atoms with Gasteiger partial charge in [-0.2, -0.15) is 0 Å². The van der Waals surface area contributed by atoms with Gasteiger partial charge in [0.15, 0.2) is 0 Å². The zero-order chi connectivity index (χ0) is 19.8. The molecule has 1 unspecified atom stereocenters. The summed E-state index contributed by atoms with van der Waals surface area (Å²) in [6, 6.07) is 15.6. The van der Waals surface area contributed by atoms with Gasteiger partial charge in [-0.3, -0.25) is 9.59 Å². The highest BCUT2D eigenvalue weighted by Crippen LogP contribution is 2.21. The minimum atomic E-state index is -0.472. The third-order valence-electron chi connectivity index (χ3n) is 4.62. The quantitative estimate of drug-likeness (QED) is 0.701. The van der Waals surface area contributed by atoms with Gasteiger partial charge in [-0.05, 0) is 43.5 Å². The van der Waals surface area contributed by atoms with Crippen LogP contribution in [0, 0.1) is 13.8 Å². The van der Waals surface area contributed by atoms with Crippen molar-refractivity contribution in [1.82, 2.24) is 10.2 Å². The van der Waals surface area contributed by atoms with Crippen molar-refractivity contribution >= 4 is 23.6 Å². The molecule has 0 saturated heterocycles. The number of thioether (sulfide) groups is 1. The van der Waals surface area contributed by atoms with Gasteiger partial charge < -0.3 is 10.2 Å². The summed E-state index contributed by atoms with van der Waals surface area (Å²) < 4.78 is 0. The van der Waals surface area contributed by atoms with E-state index >= 15 is 0 Å². The molecule has 2 rings (SSSR count). The van der Waals surface area contributed by atoms with Crippen molar-refractivity contribution in [3.05, 3.63) is 65.2 Å². The molecule has 27 heavy (non-hydrogen) atoms. The van der Waals surface area contributed by atoms with Crippen molar-refractivity contribution in [2.45, 2.75) is 44.7 Å². The standard InChI is InChI=1S/C22H28N2O2S/c1-5-20(22(26)23-4)24(14-18-9-7-6-8-17(18)3)21(25)15-27-19-12-10-16(2)11-13-19/h6-13,20H,5,14-15H2,1-4H3,(H,23,26). The van der Waals surface area contributed by atoms with E-state index in [2.05, 4.69) is 5.32 Å². The second-order valence-electron chi connectivity index (χ2n) is 6.59. The number of amides is 2. The third kappa shape index (κ3) is 5.86. The largest absolute Gasteiger partial charge is 0.357 e. The molecule has 5 heteroatoms. The summed E-state index contributed by atoms with van der Waals surface area (Å²) in [6.07, 6.45) is 0.576. The number of carbonyl (C=O) groups excluding carboxylic acids is 2. The second-order valence-corrected chi connectivity index (χ2v) is 7.64. The number of aryl methyl sites for hydroxylation is 2. The Morgan fingerprint density at radius 3 is 2.33 bits per heavy atom. The molecule has 0 radical (unpaired) electrons. The molecule has 2 aromatic carbocycles. The van der Waals surface area contributed by atoms with Crippen LogP contribution in [0.25, 0.3) is 0 Å². The molecule has 0 bridgehead atoms. The molecule has 144 valence electrons. The van der Waals surface area contributed by atoms with E-state index < -0.39 is 6.04 Å². The van der Waals surface area contributed by atoms with Crippen molar-refractivity contribution in [3.63, 3.8) is 0 Å². The first-order valence-corrected chi connectivity index (χ1v) is 10.2. The summed E-state index contributed by atoms with van der Waals surface area (Å²) in [5.74, 6) is 0.154. The van der Waals surface area contributed by atoms with Crippen LogP contribution in [-0.2, 0) is 16.1 Å². The van der Waals surface area contributed by atoms with Gasteiger partial charge in [0.1, 0.15) is 6.04 Å². The van der Waals surface area contributed by atoms with Crippen molar-refractivity contribution < 1.29 is 9.59 Å². The van der Waals surface area contributed by atoms with Crippen LogP contribution in [-0.4, -0.2) is 35.6 Å². The van der Waals surface area contributed by atoms with Crippen molar-refractivity contribution in [3.8, 4) is 0 Å². The topological polar surface area (TPSA) is 49.4 Å². The van der Waals surface area contributed by atoms with Crippen LogP contribution in [0.4, 0.5) is 0 Å². The molecule has 1 atom stereocenters. The van der Waals surface area contributed by atoms with E-state index in [1.165, 1.54) is 17.3 Å². The zero-order valence-corrected chi connectivity index (χ0v) is 17.3. The molecule has 0 aliphatic carbocycles. The molecular formula is C22H28N2O2S. The monoisotopic (exact) mass is 384 g/mol. The lowest BCUT2D eigenvalue weighted by atomic mass is 10.1. The molecule has 0 aromatic heterocycles. The van der Waals surface area contributed by atoms with E-state index in [1.54, 1.807) is 11.9 Å². The molecule has 1 N–H and O–H groups in total. The number of likely N-dealkylation sites (N-methyl/N-ethyl adjacent to an activating group) is 1. The lowest BCUT2D eigenvalue weighted by molar-refractivity contribution is -0.139. The maximum absolute atomic E-state index is 13.0. The van der Waals surface area contributed by atoms with E-state index in [0.717, 1.165) is 16.0 Å². The highest BCUT2D eigenvalue weighted by molar-refractivity contribution is 8.00. The van der Waals surface area contributed by atoms with Crippen molar-refractivity contribution in [2.75, 3.05) is 12.8 Å². The molecule has 0 heterocycles. The normalized spacial score (nSPS) is 11.7. The highest BCUT2D eigenvalue weighted by atomic mass is 32.2. The number of hydrogen-bond acceptors (Lipinski definition) is 3. The number of rotatable bonds is 8. The number of nitrogens with zero attached hydrogens (tertiary/aromatic N) is 1. The Hall–Kier alpha value is -2.27. The van der Waals surface area contributed by atoms with Gasteiger partial charge in [-0.15, -0.1) is 11.8 Å². The molecule has 2 amide bonds. The fourth-order valence-corrected chi connectivity index (χ4v) is 3.70. The van der Waals surface area contributed by atoms with Gasteiger partial charge >= 0.3 is 0 Å². The summed E-state index contributed by atoms with van der Waals surface area (Å²) in [5, 5.41) is 2.69. The van der Waals surface area contributed by atoms with E-state index in [4.69, 9.17) is 0 Å². The first-order valence-electron chi connectivity index (χ1n) is 9.21. The maximum Gasteiger partial charge on any atom is 0.242 e. The van der Waals surface area contributed by atoms with E-state index in [1.807, 2.05) is 69.3 Å². The second kappa shape index (κ2) is 10.2. The van der Waals surface area contributed by atoms with E-state index in [9.17, 15) is 9.59 Å². The van der Waals surface area contributed by atoms with Gasteiger partial charge in [0.25, 0.3) is 0 Å². The molecule has 0 aliphatic heterocycles. The summed E-state index contributed by atoms with van der Waals surface area (Å²) in [4.78, 5) is 28.2. The summed E-state index contributed by atoms with van der Waals surface area (Å²) >= 11 is 1.50. The predicted molar refractivity (Wildman–Crippen MR) is 112 cm³/mol. The Bertz CT molecular complexity index is 774. The predicted octanol–water partition coefficient (Wildman–Crippen LogP) is 3.95. The molecule has 4 nitrogen and oxygen atoms in total. The lowest BCUT2D eigenvalue weighted by Gasteiger charge is -2.30. The number of benzene rings is 2. The lowest BCUT2D eigenvalue weighted by Crippen LogP contribution is -2.48. The molecule has 0 spiro atoms. The third-order valence-corrected chi connectivity index (χ3v) is 5.61. The van der Waals surface area contributed by atoms with Gasteiger partial charge in [-0.25, -0.2) is 0 Å². The highest BCUT2D eigenvalue weighted by Gasteiger charge is 2.28. The Balaban J connectivity index is 2.19. The summed E-state index contributed by atoms with van der Waals surface area (Å²) in [7, 11) is 1.61. The fourth-order valence-electron chi connectivity index (χ4n) is 2.92. The van der Waals surface area contributed by atoms with Crippen LogP contribution in [0.15, 0.2) is 53.4 Å². The number of hydrogen-bond donors (Lipinski definition) is 1. The van der Waals surface area contributed by atoms with Crippen LogP contribution >= 0.6 is 11.8 Å². The Labute approximate surface area is 166 Å². The van der Waals surface area contributed by atoms with E-state index in [-0.39, 0.29) is 11.8 Å². The number of nitrogens with one attached hydrogen (secondary N) is 1. The first-order chi connectivity index (χ1) is 13.0. The van der Waals surface area contributed by atoms with Crippen LogP contribution in [0.3, 0.4) is 0 Å². The average Bonchev–Trinajstić information content (AvgIpc) is 2.68. The Morgan fingerprint density at radius 2 is 1.74 bits per heavy atom. The molecule has 0 saturated carbocycles. The van der Waals surface area contributed by atoms with Gasteiger partial charge in [0.05, 0.1) is 5.75 Å². The van der Waals surface area contributed by atoms with Gasteiger partial charge in [-0.1, -0.05) is 48.9 Å². The van der Waals surface area contributed by atoms with Crippen LogP contribution in [0.2, 0.25) is 0 Å². The molecular weight excluding hydrogens is 356 g/mol. The molecule has 0 aliphatic rings. The average molecular weight is 385 g/mol. The molecule has 0 fully saturated rings. The van der Waals surface area contributed by atoms with Crippen molar-refractivity contribution in [1.29, 1.82) is 0 Å². The SMILES string of the molecule is CCC(C(=O)NC)N(Cc1ccccc1C)C(=O)CSc1ccc(C)cc1. The first kappa shape index (κ1) is 21.0. The number of carbonyl (C=O) groups is 2. The molecule has 2 aromatic rings. The summed E-state index contributed by atoms with van der Waals surface area (Å²) in [5.41, 5.74) is 3.37. The Kier molecular flexibility index (Phi) is 7.92. The van der Waals surface area contributed by atoms with Crippen LogP contribution < -0.4 is 5.32 Å². The smallest absolute Gasteiger partial charge is 0.242 e. The minimum Gasteiger partial charge on any atom is -0.357 e. The summed E-state index contributed by atoms with van der Waals surface area (Å²) in [6.45, 7) is 6.44. The Morgan fingerprint density at radius 1 is 1.07 bits per heavy atom. The van der Waals surface area contributed by atoms with Crippen molar-refractivity contribution in [2.24, 2.45) is 0 Å². The maximum atomic E-state index is 13.0. The zero-order valence-electron chi connectivity index (χ0n) is 16.5. The van der Waals surface area contributed by atoms with Gasteiger partial charge in [0, 0.05) is 18.5 Å². The van der Waals surface area contributed by atoms with Crippen LogP contribution in [0.5, 0.6) is 0 Å². The fraction of sp³-hybridized carbons (Fsp3) is 0.364. The van der Waals surface area contributed by atoms with E-state index in [0.29, 0.717) is 18.7 Å². The van der Waals surface area contributed by atoms with Gasteiger partial charge in [0.2, 0.25) is 11.8 Å².